The molecular formula is C14H17F3N4OS. The molecule has 0 bridgehead atoms. The molecule has 0 saturated carbocycles. The molecule has 2 amide bonds. The second kappa shape index (κ2) is 7.58. The second-order valence-electron chi connectivity index (χ2n) is 4.92. The summed E-state index contributed by atoms with van der Waals surface area (Å²) in [6.07, 6.45) is -1.97. The van der Waals surface area contributed by atoms with E-state index in [2.05, 4.69) is 15.3 Å². The van der Waals surface area contributed by atoms with Gasteiger partial charge in [-0.25, -0.2) is 9.78 Å². The molecular weight excluding hydrogens is 329 g/mol. The number of halogens is 3. The second-order valence-corrected chi connectivity index (χ2v) is 5.90. The molecule has 23 heavy (non-hydrogen) atoms. The third-order valence-corrected chi connectivity index (χ3v) is 3.75. The molecule has 5 nitrogen and oxygen atoms in total. The summed E-state index contributed by atoms with van der Waals surface area (Å²) in [4.78, 5) is 19.2. The van der Waals surface area contributed by atoms with Gasteiger partial charge in [-0.3, -0.25) is 0 Å². The summed E-state index contributed by atoms with van der Waals surface area (Å²) in [6, 6.07) is 6.01. The van der Waals surface area contributed by atoms with Gasteiger partial charge in [0.1, 0.15) is 12.4 Å². The van der Waals surface area contributed by atoms with Crippen molar-refractivity contribution in [1.29, 1.82) is 0 Å². The van der Waals surface area contributed by atoms with E-state index in [0.29, 0.717) is 12.2 Å². The number of alkyl halides is 3. The summed E-state index contributed by atoms with van der Waals surface area (Å²) in [7, 11) is 0. The smallest absolute Gasteiger partial charge is 0.340 e. The van der Waals surface area contributed by atoms with Crippen LogP contribution in [0.1, 0.15) is 18.3 Å². The molecule has 1 heterocycles. The van der Waals surface area contributed by atoms with Gasteiger partial charge < -0.3 is 15.6 Å². The van der Waals surface area contributed by atoms with E-state index in [9.17, 15) is 18.0 Å². The third-order valence-electron chi connectivity index (χ3n) is 3.10. The van der Waals surface area contributed by atoms with E-state index in [1.807, 2.05) is 35.8 Å². The van der Waals surface area contributed by atoms with Crippen LogP contribution in [-0.4, -0.2) is 40.7 Å². The van der Waals surface area contributed by atoms with Crippen LogP contribution in [0.3, 0.4) is 0 Å². The minimum Gasteiger partial charge on any atom is -0.340 e. The van der Waals surface area contributed by atoms with E-state index >= 15 is 0 Å². The number of aromatic nitrogens is 2. The summed E-state index contributed by atoms with van der Waals surface area (Å²) in [6.45, 7) is -1.37. The number of urea groups is 1. The third kappa shape index (κ3) is 5.34. The molecule has 0 saturated heterocycles. The largest absolute Gasteiger partial charge is 0.405 e. The van der Waals surface area contributed by atoms with Gasteiger partial charge >= 0.3 is 12.2 Å². The molecule has 2 aromatic rings. The SMILES string of the molecule is CSCC[C@H](NC(=O)NCC(F)(F)F)c1nc2ccccc2[nH]1. The highest BCUT2D eigenvalue weighted by atomic mass is 32.2. The first kappa shape index (κ1) is 17.5. The number of carbonyl (C=O) groups is 1. The van der Waals surface area contributed by atoms with Crippen LogP contribution < -0.4 is 10.6 Å². The van der Waals surface area contributed by atoms with E-state index in [4.69, 9.17) is 0 Å². The molecule has 0 fully saturated rings. The van der Waals surface area contributed by atoms with Crippen LogP contribution in [-0.2, 0) is 0 Å². The van der Waals surface area contributed by atoms with Gasteiger partial charge in [-0.2, -0.15) is 24.9 Å². The highest BCUT2D eigenvalue weighted by molar-refractivity contribution is 7.98. The molecule has 0 unspecified atom stereocenters. The van der Waals surface area contributed by atoms with Gasteiger partial charge in [-0.1, -0.05) is 12.1 Å². The van der Waals surface area contributed by atoms with Crippen LogP contribution in [0.5, 0.6) is 0 Å². The van der Waals surface area contributed by atoms with Crippen molar-refractivity contribution in [3.8, 4) is 0 Å². The Morgan fingerprint density at radius 2 is 2.13 bits per heavy atom. The fourth-order valence-electron chi connectivity index (χ4n) is 2.04. The molecule has 0 aliphatic carbocycles. The highest BCUT2D eigenvalue weighted by Gasteiger charge is 2.28. The summed E-state index contributed by atoms with van der Waals surface area (Å²) in [5.74, 6) is 1.27. The van der Waals surface area contributed by atoms with Crippen LogP contribution in [0, 0.1) is 0 Å². The minimum absolute atomic E-state index is 0.483. The molecule has 1 aromatic carbocycles. The van der Waals surface area contributed by atoms with E-state index in [-0.39, 0.29) is 0 Å². The molecule has 0 spiro atoms. The van der Waals surface area contributed by atoms with Gasteiger partial charge in [-0.15, -0.1) is 0 Å². The molecule has 1 atom stereocenters. The number of hydrogen-bond acceptors (Lipinski definition) is 3. The topological polar surface area (TPSA) is 69.8 Å². The van der Waals surface area contributed by atoms with Crippen molar-refractivity contribution in [3.05, 3.63) is 30.1 Å². The predicted molar refractivity (Wildman–Crippen MR) is 84.4 cm³/mol. The fourth-order valence-corrected chi connectivity index (χ4v) is 2.51. The van der Waals surface area contributed by atoms with Gasteiger partial charge in [-0.05, 0) is 30.6 Å². The van der Waals surface area contributed by atoms with E-state index in [1.165, 1.54) is 0 Å². The van der Waals surface area contributed by atoms with Crippen molar-refractivity contribution in [2.75, 3.05) is 18.6 Å². The molecule has 1 aromatic heterocycles. The Bertz CT molecular complexity index is 626. The molecule has 2 rings (SSSR count). The van der Waals surface area contributed by atoms with Gasteiger partial charge in [0.15, 0.2) is 0 Å². The standard InChI is InChI=1S/C14H17F3N4OS/c1-23-7-6-11(21-13(22)18-8-14(15,16)17)12-19-9-4-2-3-5-10(9)20-12/h2-5,11H,6-8H2,1H3,(H,19,20)(H2,18,21,22)/t11-/m0/s1. The number of fused-ring (bicyclic) bond motifs is 1. The van der Waals surface area contributed by atoms with Gasteiger partial charge in [0.05, 0.1) is 17.1 Å². The van der Waals surface area contributed by atoms with Gasteiger partial charge in [0.25, 0.3) is 0 Å². The number of imidazole rings is 1. The normalized spacial score (nSPS) is 13.0. The van der Waals surface area contributed by atoms with Crippen LogP contribution >= 0.6 is 11.8 Å². The Hall–Kier alpha value is -1.90. The van der Waals surface area contributed by atoms with Crippen molar-refractivity contribution >= 4 is 28.8 Å². The van der Waals surface area contributed by atoms with Crippen molar-refractivity contribution in [2.45, 2.75) is 18.6 Å². The Kier molecular flexibility index (Phi) is 5.75. The number of nitrogens with zero attached hydrogens (tertiary/aromatic N) is 1. The molecule has 0 aliphatic heterocycles. The Labute approximate surface area is 135 Å². The van der Waals surface area contributed by atoms with Crippen LogP contribution in [0.4, 0.5) is 18.0 Å². The molecule has 3 N–H and O–H groups in total. The van der Waals surface area contributed by atoms with Crippen LogP contribution in [0.15, 0.2) is 24.3 Å². The Balaban J connectivity index is 2.08. The maximum Gasteiger partial charge on any atom is 0.405 e. The van der Waals surface area contributed by atoms with Crippen molar-refractivity contribution in [2.24, 2.45) is 0 Å². The molecule has 9 heteroatoms. The predicted octanol–water partition coefficient (Wildman–Crippen LogP) is 3.22. The van der Waals surface area contributed by atoms with Crippen LogP contribution in [0.2, 0.25) is 0 Å². The first-order valence-electron chi connectivity index (χ1n) is 6.94. The Morgan fingerprint density at radius 1 is 1.39 bits per heavy atom. The number of amides is 2. The van der Waals surface area contributed by atoms with Gasteiger partial charge in [0, 0.05) is 0 Å². The zero-order valence-corrected chi connectivity index (χ0v) is 13.2. The van der Waals surface area contributed by atoms with E-state index < -0.39 is 24.8 Å². The van der Waals surface area contributed by atoms with E-state index in [0.717, 1.165) is 16.8 Å². The molecule has 126 valence electrons. The Morgan fingerprint density at radius 3 is 2.78 bits per heavy atom. The quantitative estimate of drug-likeness (QED) is 0.752. The summed E-state index contributed by atoms with van der Waals surface area (Å²) >= 11 is 1.58. The maximum atomic E-state index is 12.2. The number of aromatic amines is 1. The molecule has 0 aliphatic rings. The van der Waals surface area contributed by atoms with Crippen LogP contribution in [0.25, 0.3) is 11.0 Å². The lowest BCUT2D eigenvalue weighted by Gasteiger charge is -2.17. The number of nitrogens with one attached hydrogen (secondary N) is 3. The first-order valence-corrected chi connectivity index (χ1v) is 8.33. The van der Waals surface area contributed by atoms with E-state index in [1.54, 1.807) is 11.8 Å². The number of thioether (sulfide) groups is 1. The summed E-state index contributed by atoms with van der Waals surface area (Å²) in [5.41, 5.74) is 1.56. The lowest BCUT2D eigenvalue weighted by molar-refractivity contribution is -0.122. The van der Waals surface area contributed by atoms with Crippen molar-refractivity contribution in [3.63, 3.8) is 0 Å². The zero-order chi connectivity index (χ0) is 16.9. The average Bonchev–Trinajstić information content (AvgIpc) is 2.92. The van der Waals surface area contributed by atoms with Gasteiger partial charge in [0.2, 0.25) is 0 Å². The number of para-hydroxylation sites is 2. The lowest BCUT2D eigenvalue weighted by atomic mass is 10.2. The number of carbonyl (C=O) groups excluding carboxylic acids is 1. The molecule has 0 radical (unpaired) electrons. The van der Waals surface area contributed by atoms with Crippen molar-refractivity contribution in [1.82, 2.24) is 20.6 Å². The number of benzene rings is 1. The monoisotopic (exact) mass is 346 g/mol. The van der Waals surface area contributed by atoms with Crippen molar-refractivity contribution < 1.29 is 18.0 Å². The summed E-state index contributed by atoms with van der Waals surface area (Å²) in [5, 5.41) is 4.35. The average molecular weight is 346 g/mol. The number of rotatable bonds is 6. The maximum absolute atomic E-state index is 12.2. The lowest BCUT2D eigenvalue weighted by Crippen LogP contribution is -2.42. The highest BCUT2D eigenvalue weighted by Crippen LogP contribution is 2.20. The summed E-state index contributed by atoms with van der Waals surface area (Å²) < 4.78 is 36.5. The zero-order valence-electron chi connectivity index (χ0n) is 12.4. The number of H-pyrrole nitrogens is 1. The number of hydrogen-bond donors (Lipinski definition) is 3. The fraction of sp³-hybridized carbons (Fsp3) is 0.429. The first-order chi connectivity index (χ1) is 10.9. The minimum atomic E-state index is -4.44.